The van der Waals surface area contributed by atoms with Crippen molar-refractivity contribution in [1.29, 1.82) is 0 Å². The number of piperidine rings is 2. The molecular weight excluding hydrogens is 496 g/mol. The molecule has 2 fully saturated rings. The van der Waals surface area contributed by atoms with Gasteiger partial charge in [-0.1, -0.05) is 30.3 Å². The molecule has 39 heavy (non-hydrogen) atoms. The summed E-state index contributed by atoms with van der Waals surface area (Å²) >= 11 is 0. The number of aromatic nitrogens is 1. The Morgan fingerprint density at radius 2 is 1.67 bits per heavy atom. The van der Waals surface area contributed by atoms with Gasteiger partial charge in [-0.3, -0.25) is 29.6 Å². The topological polar surface area (TPSA) is 112 Å². The van der Waals surface area contributed by atoms with Gasteiger partial charge in [-0.25, -0.2) is 0 Å². The Bertz CT molecular complexity index is 1400. The number of carbonyl (C=O) groups is 3. The van der Waals surface area contributed by atoms with E-state index in [2.05, 4.69) is 22.3 Å². The summed E-state index contributed by atoms with van der Waals surface area (Å²) < 4.78 is 5.88. The largest absolute Gasteiger partial charge is 0.457 e. The number of nitrogens with zero attached hydrogens (tertiary/aromatic N) is 3. The van der Waals surface area contributed by atoms with Crippen LogP contribution in [0.2, 0.25) is 0 Å². The highest BCUT2D eigenvalue weighted by Crippen LogP contribution is 2.35. The summed E-state index contributed by atoms with van der Waals surface area (Å²) in [4.78, 5) is 45.3. The van der Waals surface area contributed by atoms with Gasteiger partial charge in [-0.05, 0) is 61.2 Å². The zero-order valence-electron chi connectivity index (χ0n) is 21.5. The lowest BCUT2D eigenvalue weighted by Crippen LogP contribution is -2.52. The van der Waals surface area contributed by atoms with E-state index >= 15 is 0 Å². The second-order valence-corrected chi connectivity index (χ2v) is 10.5. The molecule has 9 heteroatoms. The number of amides is 3. The molecule has 0 aliphatic carbocycles. The van der Waals surface area contributed by atoms with Crippen LogP contribution in [0, 0.1) is 0 Å². The minimum Gasteiger partial charge on any atom is -0.457 e. The van der Waals surface area contributed by atoms with Gasteiger partial charge in [0.2, 0.25) is 11.8 Å². The highest BCUT2D eigenvalue weighted by atomic mass is 16.5. The SMILES string of the molecule is O=C1CCC(N2Cc3nc(C4(O)CCN(Cc5ccc(Oc6ccccc6)cc5)CC4)ccc3C2=O)C(=O)N1. The van der Waals surface area contributed by atoms with Gasteiger partial charge in [-0.2, -0.15) is 0 Å². The Morgan fingerprint density at radius 3 is 2.38 bits per heavy atom. The van der Waals surface area contributed by atoms with Crippen molar-refractivity contribution < 1.29 is 24.2 Å². The maximum absolute atomic E-state index is 13.0. The minimum absolute atomic E-state index is 0.195. The third kappa shape index (κ3) is 5.15. The fraction of sp³-hybridized carbons (Fsp3) is 0.333. The Hall–Kier alpha value is -4.08. The highest BCUT2D eigenvalue weighted by molar-refractivity contribution is 6.05. The number of pyridine rings is 1. The summed E-state index contributed by atoms with van der Waals surface area (Å²) in [7, 11) is 0. The number of carbonyl (C=O) groups excluding carboxylic acids is 3. The van der Waals surface area contributed by atoms with E-state index in [0.29, 0.717) is 49.3 Å². The van der Waals surface area contributed by atoms with E-state index in [1.165, 1.54) is 10.5 Å². The van der Waals surface area contributed by atoms with Crippen LogP contribution < -0.4 is 10.1 Å². The van der Waals surface area contributed by atoms with E-state index in [4.69, 9.17) is 9.72 Å². The standard InChI is InChI=1S/C30H30N4O5/c35-27-13-11-25(28(36)32-27)34-19-24-23(29(34)37)10-12-26(31-24)30(38)14-16-33(17-15-30)18-20-6-8-22(9-7-20)39-21-4-2-1-3-5-21/h1-10,12,25,38H,11,13-19H2,(H,32,35,36). The lowest BCUT2D eigenvalue weighted by molar-refractivity contribution is -0.136. The van der Waals surface area contributed by atoms with Crippen LogP contribution in [-0.2, 0) is 28.3 Å². The molecule has 3 aliphatic heterocycles. The molecule has 9 nitrogen and oxygen atoms in total. The molecule has 4 heterocycles. The summed E-state index contributed by atoms with van der Waals surface area (Å²) in [5, 5.41) is 13.8. The maximum atomic E-state index is 13.0. The normalized spacial score (nSPS) is 21.0. The molecule has 1 aromatic heterocycles. The van der Waals surface area contributed by atoms with Crippen molar-refractivity contribution in [2.24, 2.45) is 0 Å². The number of benzene rings is 2. The zero-order chi connectivity index (χ0) is 27.0. The van der Waals surface area contributed by atoms with Crippen LogP contribution in [0.4, 0.5) is 0 Å². The monoisotopic (exact) mass is 526 g/mol. The van der Waals surface area contributed by atoms with Gasteiger partial charge in [-0.15, -0.1) is 0 Å². The molecule has 2 saturated heterocycles. The van der Waals surface area contributed by atoms with Crippen LogP contribution in [0.5, 0.6) is 11.5 Å². The van der Waals surface area contributed by atoms with Crippen molar-refractivity contribution in [3.05, 3.63) is 89.2 Å². The molecular formula is C30H30N4O5. The number of aliphatic hydroxyl groups is 1. The number of hydrogen-bond acceptors (Lipinski definition) is 7. The molecule has 3 aromatic rings. The minimum atomic E-state index is -1.08. The quantitative estimate of drug-likeness (QED) is 0.475. The lowest BCUT2D eigenvalue weighted by Gasteiger charge is -2.38. The Labute approximate surface area is 226 Å². The van der Waals surface area contributed by atoms with Crippen LogP contribution in [-0.4, -0.2) is 56.7 Å². The smallest absolute Gasteiger partial charge is 0.256 e. The van der Waals surface area contributed by atoms with E-state index in [1.807, 2.05) is 42.5 Å². The fourth-order valence-electron chi connectivity index (χ4n) is 5.58. The second kappa shape index (κ2) is 10.2. The van der Waals surface area contributed by atoms with Gasteiger partial charge in [0.25, 0.3) is 5.91 Å². The van der Waals surface area contributed by atoms with Gasteiger partial charge >= 0.3 is 0 Å². The van der Waals surface area contributed by atoms with Crippen molar-refractivity contribution in [1.82, 2.24) is 20.1 Å². The maximum Gasteiger partial charge on any atom is 0.256 e. The lowest BCUT2D eigenvalue weighted by atomic mass is 9.87. The molecule has 6 rings (SSSR count). The highest BCUT2D eigenvalue weighted by Gasteiger charge is 2.41. The number of fused-ring (bicyclic) bond motifs is 1. The first kappa shape index (κ1) is 25.2. The van der Waals surface area contributed by atoms with Crippen molar-refractivity contribution in [3.63, 3.8) is 0 Å². The second-order valence-electron chi connectivity index (χ2n) is 10.5. The van der Waals surface area contributed by atoms with Gasteiger partial charge in [0.15, 0.2) is 0 Å². The molecule has 1 unspecified atom stereocenters. The van der Waals surface area contributed by atoms with Crippen LogP contribution in [0.15, 0.2) is 66.7 Å². The average molecular weight is 527 g/mol. The number of imide groups is 1. The third-order valence-electron chi connectivity index (χ3n) is 7.84. The number of para-hydroxylation sites is 1. The van der Waals surface area contributed by atoms with Crippen LogP contribution in [0.3, 0.4) is 0 Å². The number of hydrogen-bond donors (Lipinski definition) is 2. The first-order chi connectivity index (χ1) is 18.9. The van der Waals surface area contributed by atoms with Crippen molar-refractivity contribution in [2.45, 2.75) is 50.4 Å². The van der Waals surface area contributed by atoms with E-state index in [-0.39, 0.29) is 24.8 Å². The van der Waals surface area contributed by atoms with Gasteiger partial charge < -0.3 is 14.7 Å². The molecule has 0 spiro atoms. The summed E-state index contributed by atoms with van der Waals surface area (Å²) in [6.07, 6.45) is 1.56. The third-order valence-corrected chi connectivity index (χ3v) is 7.84. The summed E-state index contributed by atoms with van der Waals surface area (Å²) in [5.74, 6) is 0.560. The van der Waals surface area contributed by atoms with E-state index < -0.39 is 17.6 Å². The Balaban J connectivity index is 1.07. The van der Waals surface area contributed by atoms with Crippen LogP contribution in [0.25, 0.3) is 0 Å². The van der Waals surface area contributed by atoms with E-state index in [1.54, 1.807) is 12.1 Å². The molecule has 0 saturated carbocycles. The average Bonchev–Trinajstić information content (AvgIpc) is 3.27. The van der Waals surface area contributed by atoms with Gasteiger partial charge in [0.05, 0.1) is 23.5 Å². The van der Waals surface area contributed by atoms with Gasteiger partial charge in [0.1, 0.15) is 23.1 Å². The predicted octanol–water partition coefficient (Wildman–Crippen LogP) is 3.12. The molecule has 3 amide bonds. The first-order valence-electron chi connectivity index (χ1n) is 13.3. The van der Waals surface area contributed by atoms with E-state index in [0.717, 1.165) is 18.0 Å². The first-order valence-corrected chi connectivity index (χ1v) is 13.3. The number of nitrogens with one attached hydrogen (secondary N) is 1. The predicted molar refractivity (Wildman–Crippen MR) is 142 cm³/mol. The summed E-state index contributed by atoms with van der Waals surface area (Å²) in [5.41, 5.74) is 1.66. The Kier molecular flexibility index (Phi) is 6.62. The zero-order valence-corrected chi connectivity index (χ0v) is 21.5. The summed E-state index contributed by atoms with van der Waals surface area (Å²) in [6.45, 7) is 2.38. The van der Waals surface area contributed by atoms with Crippen molar-refractivity contribution in [3.8, 4) is 11.5 Å². The molecule has 2 aromatic carbocycles. The molecule has 200 valence electrons. The van der Waals surface area contributed by atoms with Crippen molar-refractivity contribution >= 4 is 17.7 Å². The van der Waals surface area contributed by atoms with Crippen LogP contribution >= 0.6 is 0 Å². The molecule has 2 N–H and O–H groups in total. The van der Waals surface area contributed by atoms with E-state index in [9.17, 15) is 19.5 Å². The molecule has 0 bridgehead atoms. The molecule has 1 atom stereocenters. The molecule has 0 radical (unpaired) electrons. The fourth-order valence-corrected chi connectivity index (χ4v) is 5.58. The molecule has 3 aliphatic rings. The van der Waals surface area contributed by atoms with Gasteiger partial charge in [0, 0.05) is 26.1 Å². The summed E-state index contributed by atoms with van der Waals surface area (Å²) in [6, 6.07) is 20.5. The number of likely N-dealkylation sites (tertiary alicyclic amines) is 1. The number of ether oxygens (including phenoxy) is 1. The number of rotatable bonds is 6. The Morgan fingerprint density at radius 1 is 0.949 bits per heavy atom. The van der Waals surface area contributed by atoms with Crippen LogP contribution in [0.1, 0.15) is 53.0 Å². The van der Waals surface area contributed by atoms with Crippen molar-refractivity contribution in [2.75, 3.05) is 13.1 Å².